The molecule has 118 valence electrons. The van der Waals surface area contributed by atoms with Crippen LogP contribution in [0.3, 0.4) is 0 Å². The SMILES string of the molecule is Cc1ccccc1C(=O)NC(=S)Nc1cc([N+](=O)[O-])ccc1O. The van der Waals surface area contributed by atoms with Crippen molar-refractivity contribution < 1.29 is 14.8 Å². The van der Waals surface area contributed by atoms with Crippen LogP contribution in [0.5, 0.6) is 5.75 Å². The quantitative estimate of drug-likeness (QED) is 0.346. The topological polar surface area (TPSA) is 104 Å². The monoisotopic (exact) mass is 331 g/mol. The van der Waals surface area contributed by atoms with Crippen LogP contribution in [-0.2, 0) is 0 Å². The molecule has 0 radical (unpaired) electrons. The van der Waals surface area contributed by atoms with Crippen LogP contribution in [0.2, 0.25) is 0 Å². The van der Waals surface area contributed by atoms with Crippen molar-refractivity contribution in [3.05, 3.63) is 63.7 Å². The summed E-state index contributed by atoms with van der Waals surface area (Å²) in [6, 6.07) is 10.4. The molecule has 3 N–H and O–H groups in total. The third-order valence-electron chi connectivity index (χ3n) is 3.06. The second-order valence-corrected chi connectivity index (χ2v) is 5.09. The number of phenols is 1. The van der Waals surface area contributed by atoms with Crippen LogP contribution >= 0.6 is 12.2 Å². The Hall–Kier alpha value is -3.00. The number of non-ortho nitro benzene ring substituents is 1. The third-order valence-corrected chi connectivity index (χ3v) is 3.26. The van der Waals surface area contributed by atoms with Crippen molar-refractivity contribution in [2.45, 2.75) is 6.92 Å². The molecule has 0 heterocycles. The minimum atomic E-state index is -0.598. The molecule has 0 saturated heterocycles. The third kappa shape index (κ3) is 4.01. The number of aromatic hydroxyl groups is 1. The number of hydrogen-bond acceptors (Lipinski definition) is 5. The summed E-state index contributed by atoms with van der Waals surface area (Å²) in [6.45, 7) is 1.79. The van der Waals surface area contributed by atoms with Gasteiger partial charge in [-0.05, 0) is 36.8 Å². The summed E-state index contributed by atoms with van der Waals surface area (Å²) in [7, 11) is 0. The normalized spacial score (nSPS) is 9.96. The van der Waals surface area contributed by atoms with Crippen molar-refractivity contribution >= 4 is 34.6 Å². The standard InChI is InChI=1S/C15H13N3O4S/c1-9-4-2-3-5-11(9)14(20)17-15(23)16-12-8-10(18(21)22)6-7-13(12)19/h2-8,19H,1H3,(H2,16,17,20,23). The van der Waals surface area contributed by atoms with Gasteiger partial charge in [-0.3, -0.25) is 20.2 Å². The summed E-state index contributed by atoms with van der Waals surface area (Å²) in [5.74, 6) is -0.631. The highest BCUT2D eigenvalue weighted by molar-refractivity contribution is 7.80. The van der Waals surface area contributed by atoms with Crippen LogP contribution in [0, 0.1) is 17.0 Å². The van der Waals surface area contributed by atoms with Crippen LogP contribution in [0.1, 0.15) is 15.9 Å². The van der Waals surface area contributed by atoms with E-state index in [1.165, 1.54) is 6.07 Å². The molecule has 0 aliphatic rings. The zero-order valence-electron chi connectivity index (χ0n) is 12.1. The van der Waals surface area contributed by atoms with Crippen LogP contribution in [0.15, 0.2) is 42.5 Å². The highest BCUT2D eigenvalue weighted by Crippen LogP contribution is 2.27. The Morgan fingerprint density at radius 1 is 1.26 bits per heavy atom. The van der Waals surface area contributed by atoms with Gasteiger partial charge < -0.3 is 10.4 Å². The molecule has 2 rings (SSSR count). The fourth-order valence-electron chi connectivity index (χ4n) is 1.89. The first kappa shape index (κ1) is 16.4. The van der Waals surface area contributed by atoms with Gasteiger partial charge in [-0.2, -0.15) is 0 Å². The lowest BCUT2D eigenvalue weighted by Crippen LogP contribution is -2.34. The summed E-state index contributed by atoms with van der Waals surface area (Å²) < 4.78 is 0. The van der Waals surface area contributed by atoms with E-state index in [1.807, 2.05) is 6.07 Å². The fourth-order valence-corrected chi connectivity index (χ4v) is 2.09. The number of carbonyl (C=O) groups excluding carboxylic acids is 1. The van der Waals surface area contributed by atoms with Crippen LogP contribution in [-0.4, -0.2) is 21.0 Å². The Labute approximate surface area is 137 Å². The molecule has 23 heavy (non-hydrogen) atoms. The van der Waals surface area contributed by atoms with E-state index >= 15 is 0 Å². The number of phenolic OH excluding ortho intramolecular Hbond substituents is 1. The minimum Gasteiger partial charge on any atom is -0.506 e. The molecule has 0 fully saturated rings. The van der Waals surface area contributed by atoms with Crippen LogP contribution in [0.4, 0.5) is 11.4 Å². The molecule has 0 aromatic heterocycles. The number of nitrogens with one attached hydrogen (secondary N) is 2. The first-order valence-corrected chi connectivity index (χ1v) is 6.94. The van der Waals surface area contributed by atoms with Crippen molar-refractivity contribution in [1.29, 1.82) is 0 Å². The fraction of sp³-hybridized carbons (Fsp3) is 0.0667. The molecule has 0 saturated carbocycles. The molecule has 0 spiro atoms. The molecule has 0 atom stereocenters. The maximum Gasteiger partial charge on any atom is 0.271 e. The number of amides is 1. The van der Waals surface area contributed by atoms with E-state index in [1.54, 1.807) is 25.1 Å². The number of aryl methyl sites for hydroxylation is 1. The number of rotatable bonds is 3. The van der Waals surface area contributed by atoms with Gasteiger partial charge in [0.15, 0.2) is 5.11 Å². The van der Waals surface area contributed by atoms with E-state index in [4.69, 9.17) is 12.2 Å². The van der Waals surface area contributed by atoms with E-state index < -0.39 is 10.8 Å². The molecular formula is C15H13N3O4S. The molecule has 0 unspecified atom stereocenters. The Morgan fingerprint density at radius 3 is 2.61 bits per heavy atom. The van der Waals surface area contributed by atoms with Gasteiger partial charge in [0.25, 0.3) is 11.6 Å². The highest BCUT2D eigenvalue weighted by atomic mass is 32.1. The Bertz CT molecular complexity index is 792. The predicted octanol–water partition coefficient (Wildman–Crippen LogP) is 2.74. The summed E-state index contributed by atoms with van der Waals surface area (Å²) in [6.07, 6.45) is 0. The van der Waals surface area contributed by atoms with Gasteiger partial charge in [-0.25, -0.2) is 0 Å². The lowest BCUT2D eigenvalue weighted by atomic mass is 10.1. The molecule has 2 aromatic rings. The molecule has 1 amide bonds. The average molecular weight is 331 g/mol. The summed E-state index contributed by atoms with van der Waals surface area (Å²) in [5.41, 5.74) is 1.07. The first-order valence-electron chi connectivity index (χ1n) is 6.54. The second-order valence-electron chi connectivity index (χ2n) is 4.68. The lowest BCUT2D eigenvalue weighted by Gasteiger charge is -2.11. The number of anilines is 1. The number of thiocarbonyl (C=S) groups is 1. The van der Waals surface area contributed by atoms with Crippen molar-refractivity contribution in [3.8, 4) is 5.75 Å². The number of nitro groups is 1. The molecule has 8 heteroatoms. The van der Waals surface area contributed by atoms with Gasteiger partial charge in [-0.15, -0.1) is 0 Å². The van der Waals surface area contributed by atoms with E-state index in [0.29, 0.717) is 5.56 Å². The zero-order chi connectivity index (χ0) is 17.0. The average Bonchev–Trinajstić information content (AvgIpc) is 2.49. The predicted molar refractivity (Wildman–Crippen MR) is 89.6 cm³/mol. The van der Waals surface area contributed by atoms with Crippen molar-refractivity contribution in [2.24, 2.45) is 0 Å². The van der Waals surface area contributed by atoms with Crippen molar-refractivity contribution in [2.75, 3.05) is 5.32 Å². The van der Waals surface area contributed by atoms with E-state index in [-0.39, 0.29) is 22.2 Å². The van der Waals surface area contributed by atoms with E-state index in [0.717, 1.165) is 17.7 Å². The smallest absolute Gasteiger partial charge is 0.271 e. The zero-order valence-corrected chi connectivity index (χ0v) is 12.9. The van der Waals surface area contributed by atoms with Crippen molar-refractivity contribution in [1.82, 2.24) is 5.32 Å². The Morgan fingerprint density at radius 2 is 1.96 bits per heavy atom. The Kier molecular flexibility index (Phi) is 4.87. The van der Waals surface area contributed by atoms with Crippen molar-refractivity contribution in [3.63, 3.8) is 0 Å². The van der Waals surface area contributed by atoms with Gasteiger partial charge in [0.05, 0.1) is 10.6 Å². The van der Waals surface area contributed by atoms with Gasteiger partial charge >= 0.3 is 0 Å². The molecule has 7 nitrogen and oxygen atoms in total. The highest BCUT2D eigenvalue weighted by Gasteiger charge is 2.14. The Balaban J connectivity index is 2.11. The number of benzene rings is 2. The lowest BCUT2D eigenvalue weighted by molar-refractivity contribution is -0.384. The molecular weight excluding hydrogens is 318 g/mol. The molecule has 0 bridgehead atoms. The summed E-state index contributed by atoms with van der Waals surface area (Å²) >= 11 is 5.00. The second kappa shape index (κ2) is 6.84. The maximum absolute atomic E-state index is 12.1. The van der Waals surface area contributed by atoms with Crippen LogP contribution < -0.4 is 10.6 Å². The molecule has 2 aromatic carbocycles. The van der Waals surface area contributed by atoms with Gasteiger partial charge in [0.1, 0.15) is 5.75 Å². The number of hydrogen-bond donors (Lipinski definition) is 3. The molecule has 0 aliphatic heterocycles. The first-order chi connectivity index (χ1) is 10.9. The number of nitrogens with zero attached hydrogens (tertiary/aromatic N) is 1. The van der Waals surface area contributed by atoms with Gasteiger partial charge in [-0.1, -0.05) is 18.2 Å². The summed E-state index contributed by atoms with van der Waals surface area (Å²) in [5, 5.41) is 25.4. The number of nitro benzene ring substituents is 1. The minimum absolute atomic E-state index is 0.0364. The van der Waals surface area contributed by atoms with Gasteiger partial charge in [0.2, 0.25) is 0 Å². The van der Waals surface area contributed by atoms with Gasteiger partial charge in [0, 0.05) is 17.7 Å². The van der Waals surface area contributed by atoms with Crippen LogP contribution in [0.25, 0.3) is 0 Å². The largest absolute Gasteiger partial charge is 0.506 e. The van der Waals surface area contributed by atoms with E-state index in [2.05, 4.69) is 10.6 Å². The number of carbonyl (C=O) groups is 1. The maximum atomic E-state index is 12.1. The summed E-state index contributed by atoms with van der Waals surface area (Å²) in [4.78, 5) is 22.3. The van der Waals surface area contributed by atoms with E-state index in [9.17, 15) is 20.0 Å². The molecule has 0 aliphatic carbocycles.